The number of carbonyl (C=O) groups is 2. The number of halogens is 1. The quantitative estimate of drug-likeness (QED) is 0.857. The first-order valence-corrected chi connectivity index (χ1v) is 6.54. The Kier molecular flexibility index (Phi) is 4.22. The van der Waals surface area contributed by atoms with Gasteiger partial charge in [0.2, 0.25) is 5.91 Å². The molecule has 1 unspecified atom stereocenters. The van der Waals surface area contributed by atoms with Gasteiger partial charge in [0.05, 0.1) is 0 Å². The topological polar surface area (TPSA) is 69.6 Å². The van der Waals surface area contributed by atoms with E-state index in [1.165, 1.54) is 24.1 Å². The number of nitrogens with zero attached hydrogens (tertiary/aromatic N) is 1. The van der Waals surface area contributed by atoms with E-state index in [0.717, 1.165) is 18.9 Å². The molecule has 0 radical (unpaired) electrons. The number of nitrogens with one attached hydrogen (secondary N) is 1. The lowest BCUT2D eigenvalue weighted by Crippen LogP contribution is -2.46. The fourth-order valence-electron chi connectivity index (χ4n) is 2.34. The summed E-state index contributed by atoms with van der Waals surface area (Å²) >= 11 is 0. The molecule has 108 valence electrons. The van der Waals surface area contributed by atoms with Crippen LogP contribution in [0.4, 0.5) is 4.39 Å². The molecule has 0 aliphatic carbocycles. The Bertz CT molecular complexity index is 513. The number of amides is 2. The molecular weight excluding hydrogens is 263 g/mol. The van der Waals surface area contributed by atoms with E-state index in [0.29, 0.717) is 13.0 Å². The van der Waals surface area contributed by atoms with Crippen molar-refractivity contribution in [2.45, 2.75) is 25.3 Å². The van der Waals surface area contributed by atoms with Crippen molar-refractivity contribution in [1.82, 2.24) is 10.2 Å². The maximum Gasteiger partial charge on any atom is 0.261 e. The van der Waals surface area contributed by atoms with Crippen LogP contribution >= 0.6 is 0 Å². The first-order valence-electron chi connectivity index (χ1n) is 6.54. The highest BCUT2D eigenvalue weighted by Gasteiger charge is 2.30. The maximum absolute atomic E-state index is 13.7. The van der Waals surface area contributed by atoms with E-state index in [4.69, 9.17) is 0 Å². The van der Waals surface area contributed by atoms with Crippen molar-refractivity contribution in [2.75, 3.05) is 13.6 Å². The molecule has 0 spiro atoms. The second kappa shape index (κ2) is 5.90. The van der Waals surface area contributed by atoms with Crippen LogP contribution in [0, 0.1) is 5.82 Å². The van der Waals surface area contributed by atoms with Crippen LogP contribution < -0.4 is 5.32 Å². The zero-order valence-electron chi connectivity index (χ0n) is 11.2. The van der Waals surface area contributed by atoms with Gasteiger partial charge in [-0.2, -0.15) is 0 Å². The summed E-state index contributed by atoms with van der Waals surface area (Å²) < 4.78 is 13.7. The van der Waals surface area contributed by atoms with Crippen molar-refractivity contribution in [3.63, 3.8) is 0 Å². The van der Waals surface area contributed by atoms with Gasteiger partial charge in [0.25, 0.3) is 5.91 Å². The van der Waals surface area contributed by atoms with Gasteiger partial charge in [-0.1, -0.05) is 6.07 Å². The highest BCUT2D eigenvalue weighted by atomic mass is 19.1. The number of benzene rings is 1. The highest BCUT2D eigenvalue weighted by Crippen LogP contribution is 2.23. The van der Waals surface area contributed by atoms with E-state index in [-0.39, 0.29) is 5.91 Å². The summed E-state index contributed by atoms with van der Waals surface area (Å²) in [4.78, 5) is 25.4. The average molecular weight is 280 g/mol. The smallest absolute Gasteiger partial charge is 0.261 e. The van der Waals surface area contributed by atoms with Crippen LogP contribution in [0.25, 0.3) is 0 Å². The Labute approximate surface area is 116 Å². The minimum absolute atomic E-state index is 0.242. The van der Waals surface area contributed by atoms with Crippen molar-refractivity contribution < 1.29 is 19.1 Å². The number of rotatable bonds is 2. The molecule has 6 heteroatoms. The summed E-state index contributed by atoms with van der Waals surface area (Å²) in [6.07, 6.45) is 2.20. The molecule has 0 saturated carbocycles. The Morgan fingerprint density at radius 2 is 2.20 bits per heavy atom. The predicted octanol–water partition coefficient (Wildman–Crippen LogP) is 1.27. The van der Waals surface area contributed by atoms with E-state index < -0.39 is 29.1 Å². The monoisotopic (exact) mass is 280 g/mol. The minimum atomic E-state index is -0.795. The lowest BCUT2D eigenvalue weighted by molar-refractivity contribution is -0.125. The number of likely N-dealkylation sites (N-methyl/N-ethyl adjacent to an activating group) is 1. The summed E-state index contributed by atoms with van der Waals surface area (Å²) in [6.45, 7) is 0.586. The normalized spacial score (nSPS) is 19.1. The molecule has 2 N–H and O–H groups in total. The van der Waals surface area contributed by atoms with Crippen LogP contribution in [0.5, 0.6) is 5.75 Å². The van der Waals surface area contributed by atoms with Crippen molar-refractivity contribution >= 4 is 11.8 Å². The molecule has 0 bridgehead atoms. The van der Waals surface area contributed by atoms with Gasteiger partial charge in [-0.05, 0) is 31.4 Å². The van der Waals surface area contributed by atoms with Crippen molar-refractivity contribution in [1.29, 1.82) is 0 Å². The zero-order valence-corrected chi connectivity index (χ0v) is 11.2. The number of carbonyl (C=O) groups excluding carboxylic acids is 2. The van der Waals surface area contributed by atoms with Crippen LogP contribution in [0.3, 0.4) is 0 Å². The molecule has 2 rings (SSSR count). The van der Waals surface area contributed by atoms with E-state index >= 15 is 0 Å². The Hall–Kier alpha value is -2.11. The first-order chi connectivity index (χ1) is 9.52. The predicted molar refractivity (Wildman–Crippen MR) is 70.8 cm³/mol. The average Bonchev–Trinajstić information content (AvgIpc) is 2.62. The minimum Gasteiger partial charge on any atom is -0.507 e. The Morgan fingerprint density at radius 3 is 2.90 bits per heavy atom. The maximum atomic E-state index is 13.7. The molecule has 1 saturated heterocycles. The van der Waals surface area contributed by atoms with E-state index in [2.05, 4.69) is 5.32 Å². The van der Waals surface area contributed by atoms with Gasteiger partial charge >= 0.3 is 0 Å². The van der Waals surface area contributed by atoms with Crippen LogP contribution in [0.15, 0.2) is 18.2 Å². The van der Waals surface area contributed by atoms with Crippen molar-refractivity contribution in [3.05, 3.63) is 29.6 Å². The highest BCUT2D eigenvalue weighted by molar-refractivity contribution is 5.99. The standard InChI is InChI=1S/C14H17FN2O3/c1-17(10-6-2-3-8-16-13(10)19)14(20)12-9(15)5-4-7-11(12)18/h4-5,7,10,18H,2-3,6,8H2,1H3,(H,16,19). The van der Waals surface area contributed by atoms with E-state index in [1.807, 2.05) is 0 Å². The summed E-state index contributed by atoms with van der Waals surface area (Å²) in [7, 11) is 1.45. The fourth-order valence-corrected chi connectivity index (χ4v) is 2.34. The summed E-state index contributed by atoms with van der Waals surface area (Å²) in [5.41, 5.74) is -0.396. The van der Waals surface area contributed by atoms with E-state index in [9.17, 15) is 19.1 Å². The SMILES string of the molecule is CN(C(=O)c1c(O)cccc1F)C1CCCCNC1=O. The van der Waals surface area contributed by atoms with Crippen LogP contribution in [-0.4, -0.2) is 41.5 Å². The molecule has 2 amide bonds. The number of phenols is 1. The molecule has 1 aromatic rings. The van der Waals surface area contributed by atoms with Crippen LogP contribution in [0.1, 0.15) is 29.6 Å². The fraction of sp³-hybridized carbons (Fsp3) is 0.429. The molecule has 1 aromatic carbocycles. The molecule has 0 aromatic heterocycles. The molecule has 1 fully saturated rings. The first kappa shape index (κ1) is 14.3. The van der Waals surface area contributed by atoms with Gasteiger partial charge in [-0.3, -0.25) is 9.59 Å². The number of phenolic OH excluding ortho intramolecular Hbond substituents is 1. The third kappa shape index (κ3) is 2.74. The van der Waals surface area contributed by atoms with Crippen molar-refractivity contribution in [2.24, 2.45) is 0 Å². The summed E-state index contributed by atoms with van der Waals surface area (Å²) in [5, 5.41) is 12.4. The summed E-state index contributed by atoms with van der Waals surface area (Å²) in [6, 6.07) is 3.04. The van der Waals surface area contributed by atoms with Crippen molar-refractivity contribution in [3.8, 4) is 5.75 Å². The summed E-state index contributed by atoms with van der Waals surface area (Å²) in [5.74, 6) is -2.15. The molecule has 1 heterocycles. The van der Waals surface area contributed by atoms with Gasteiger partial charge in [-0.25, -0.2) is 4.39 Å². The lowest BCUT2D eigenvalue weighted by Gasteiger charge is -2.26. The molecule has 1 aliphatic rings. The second-order valence-corrected chi connectivity index (χ2v) is 4.85. The van der Waals surface area contributed by atoms with Gasteiger partial charge in [-0.15, -0.1) is 0 Å². The molecular formula is C14H17FN2O3. The number of hydrogen-bond donors (Lipinski definition) is 2. The van der Waals surface area contributed by atoms with Gasteiger partial charge in [0.1, 0.15) is 23.2 Å². The van der Waals surface area contributed by atoms with E-state index in [1.54, 1.807) is 0 Å². The third-order valence-electron chi connectivity index (χ3n) is 3.50. The molecule has 1 aliphatic heterocycles. The number of aromatic hydroxyl groups is 1. The van der Waals surface area contributed by atoms with Gasteiger partial charge < -0.3 is 15.3 Å². The number of hydrogen-bond acceptors (Lipinski definition) is 3. The van der Waals surface area contributed by atoms with Gasteiger partial charge in [0, 0.05) is 13.6 Å². The molecule has 20 heavy (non-hydrogen) atoms. The van der Waals surface area contributed by atoms with Crippen LogP contribution in [0.2, 0.25) is 0 Å². The molecule has 1 atom stereocenters. The third-order valence-corrected chi connectivity index (χ3v) is 3.50. The largest absolute Gasteiger partial charge is 0.507 e. The lowest BCUT2D eigenvalue weighted by atomic mass is 10.1. The second-order valence-electron chi connectivity index (χ2n) is 4.85. The Morgan fingerprint density at radius 1 is 1.45 bits per heavy atom. The van der Waals surface area contributed by atoms with Crippen LogP contribution in [-0.2, 0) is 4.79 Å². The molecule has 5 nitrogen and oxygen atoms in total. The van der Waals surface area contributed by atoms with Gasteiger partial charge in [0.15, 0.2) is 0 Å². The Balaban J connectivity index is 2.25. The zero-order chi connectivity index (χ0) is 14.7.